The largest absolute Gasteiger partial charge is 0.335 e. The lowest BCUT2D eigenvalue weighted by Gasteiger charge is -2.28. The maximum absolute atomic E-state index is 11.0. The van der Waals surface area contributed by atoms with Crippen molar-refractivity contribution in [1.82, 2.24) is 20.2 Å². The maximum Gasteiger partial charge on any atom is 0.269 e. The maximum atomic E-state index is 11.0. The molecule has 1 aromatic heterocycles. The molecule has 0 amide bonds. The van der Waals surface area contributed by atoms with Crippen LogP contribution in [0.3, 0.4) is 0 Å². The van der Waals surface area contributed by atoms with Gasteiger partial charge in [-0.1, -0.05) is 28.9 Å². The summed E-state index contributed by atoms with van der Waals surface area (Å²) in [6, 6.07) is 13.0. The number of aryl methyl sites for hydroxylation is 1. The van der Waals surface area contributed by atoms with Crippen molar-refractivity contribution in [1.29, 1.82) is 0 Å². The Morgan fingerprint density at radius 3 is 2.68 bits per heavy atom. The Hall–Kier alpha value is -3.29. The number of anilines is 1. The van der Waals surface area contributed by atoms with Crippen molar-refractivity contribution in [3.63, 3.8) is 0 Å². The standard InChI is InChI=1S/C17H16N6O2/c1-12-2-5-15(6-3-12)22-17(18-19-20-22)21-9-8-13-4-7-16(23(24)25)10-14(13)11-21/h2-7,10H,8-9,11H2,1H3. The minimum atomic E-state index is -0.365. The number of fused-ring (bicyclic) bond motifs is 1. The minimum absolute atomic E-state index is 0.110. The van der Waals surface area contributed by atoms with E-state index in [2.05, 4.69) is 15.5 Å². The summed E-state index contributed by atoms with van der Waals surface area (Å²) >= 11 is 0. The van der Waals surface area contributed by atoms with Crippen LogP contribution in [0.5, 0.6) is 0 Å². The second-order valence-electron chi connectivity index (χ2n) is 6.11. The summed E-state index contributed by atoms with van der Waals surface area (Å²) < 4.78 is 1.70. The lowest BCUT2D eigenvalue weighted by atomic mass is 9.99. The molecule has 2 aromatic carbocycles. The number of nitro benzene ring substituents is 1. The molecule has 0 fully saturated rings. The monoisotopic (exact) mass is 336 g/mol. The fourth-order valence-electron chi connectivity index (χ4n) is 3.06. The molecule has 3 aromatic rings. The van der Waals surface area contributed by atoms with Gasteiger partial charge < -0.3 is 4.90 Å². The van der Waals surface area contributed by atoms with Gasteiger partial charge in [-0.25, -0.2) is 0 Å². The number of nitrogens with zero attached hydrogens (tertiary/aromatic N) is 6. The lowest BCUT2D eigenvalue weighted by Crippen LogP contribution is -2.32. The number of aromatic nitrogens is 4. The molecule has 126 valence electrons. The van der Waals surface area contributed by atoms with E-state index in [1.165, 1.54) is 0 Å². The SMILES string of the molecule is Cc1ccc(-n2nnnc2N2CCc3ccc([N+](=O)[O-])cc3C2)cc1. The summed E-state index contributed by atoms with van der Waals surface area (Å²) in [5.41, 5.74) is 4.24. The highest BCUT2D eigenvalue weighted by molar-refractivity contribution is 5.47. The van der Waals surface area contributed by atoms with Gasteiger partial charge in [0.05, 0.1) is 10.6 Å². The Morgan fingerprint density at radius 1 is 1.12 bits per heavy atom. The number of non-ortho nitro benzene ring substituents is 1. The highest BCUT2D eigenvalue weighted by Gasteiger charge is 2.23. The van der Waals surface area contributed by atoms with Gasteiger partial charge >= 0.3 is 0 Å². The van der Waals surface area contributed by atoms with Crippen molar-refractivity contribution in [3.05, 3.63) is 69.3 Å². The highest BCUT2D eigenvalue weighted by Crippen LogP contribution is 2.27. The van der Waals surface area contributed by atoms with Crippen LogP contribution in [0.1, 0.15) is 16.7 Å². The Balaban J connectivity index is 1.66. The van der Waals surface area contributed by atoms with Gasteiger partial charge in [0.25, 0.3) is 11.6 Å². The number of hydrogen-bond acceptors (Lipinski definition) is 6. The average Bonchev–Trinajstić information content (AvgIpc) is 3.11. The fraction of sp³-hybridized carbons (Fsp3) is 0.235. The number of tetrazole rings is 1. The first kappa shape index (κ1) is 15.3. The molecule has 1 aliphatic rings. The van der Waals surface area contributed by atoms with Crippen LogP contribution in [0.4, 0.5) is 11.6 Å². The molecular formula is C17H16N6O2. The minimum Gasteiger partial charge on any atom is -0.335 e. The molecule has 8 nitrogen and oxygen atoms in total. The summed E-state index contributed by atoms with van der Waals surface area (Å²) in [5.74, 6) is 0.640. The van der Waals surface area contributed by atoms with Gasteiger partial charge in [-0.3, -0.25) is 10.1 Å². The molecule has 0 spiro atoms. The molecule has 0 atom stereocenters. The van der Waals surface area contributed by atoms with Gasteiger partial charge in [-0.05, 0) is 47.0 Å². The zero-order chi connectivity index (χ0) is 17.4. The zero-order valence-electron chi connectivity index (χ0n) is 13.7. The predicted molar refractivity (Wildman–Crippen MR) is 91.7 cm³/mol. The van der Waals surface area contributed by atoms with Crippen molar-refractivity contribution >= 4 is 11.6 Å². The van der Waals surface area contributed by atoms with E-state index in [0.717, 1.165) is 35.3 Å². The predicted octanol–water partition coefficient (Wildman–Crippen LogP) is 2.44. The molecule has 8 heteroatoms. The van der Waals surface area contributed by atoms with Crippen molar-refractivity contribution in [2.45, 2.75) is 19.9 Å². The quantitative estimate of drug-likeness (QED) is 0.539. The van der Waals surface area contributed by atoms with Crippen LogP contribution >= 0.6 is 0 Å². The molecule has 0 saturated heterocycles. The van der Waals surface area contributed by atoms with Crippen LogP contribution in [-0.2, 0) is 13.0 Å². The molecule has 0 N–H and O–H groups in total. The molecule has 25 heavy (non-hydrogen) atoms. The van der Waals surface area contributed by atoms with Crippen molar-refractivity contribution < 1.29 is 4.92 Å². The number of rotatable bonds is 3. The summed E-state index contributed by atoms with van der Waals surface area (Å²) in [5, 5.41) is 23.1. The zero-order valence-corrected chi connectivity index (χ0v) is 13.7. The Labute approximate surface area is 143 Å². The van der Waals surface area contributed by atoms with E-state index < -0.39 is 0 Å². The molecule has 1 aliphatic heterocycles. The Bertz CT molecular complexity index is 935. The summed E-state index contributed by atoms with van der Waals surface area (Å²) in [6.45, 7) is 3.33. The van der Waals surface area contributed by atoms with Gasteiger partial charge in [0.15, 0.2) is 0 Å². The Kier molecular flexibility index (Phi) is 3.64. The second kappa shape index (κ2) is 5.97. The topological polar surface area (TPSA) is 90.0 Å². The third-order valence-corrected chi connectivity index (χ3v) is 4.43. The van der Waals surface area contributed by atoms with Crippen LogP contribution in [0.15, 0.2) is 42.5 Å². The first-order chi connectivity index (χ1) is 12.1. The molecule has 0 radical (unpaired) electrons. The second-order valence-corrected chi connectivity index (χ2v) is 6.11. The molecule has 0 bridgehead atoms. The van der Waals surface area contributed by atoms with Crippen LogP contribution in [0, 0.1) is 17.0 Å². The van der Waals surface area contributed by atoms with Gasteiger partial charge in [0, 0.05) is 25.2 Å². The van der Waals surface area contributed by atoms with E-state index in [9.17, 15) is 10.1 Å². The van der Waals surface area contributed by atoms with Crippen LogP contribution < -0.4 is 4.90 Å². The Morgan fingerprint density at radius 2 is 1.92 bits per heavy atom. The number of benzene rings is 2. The fourth-order valence-corrected chi connectivity index (χ4v) is 3.06. The third kappa shape index (κ3) is 2.82. The average molecular weight is 336 g/mol. The first-order valence-electron chi connectivity index (χ1n) is 7.98. The van der Waals surface area contributed by atoms with Gasteiger partial charge in [-0.2, -0.15) is 4.68 Å². The van der Waals surface area contributed by atoms with Crippen LogP contribution in [0.2, 0.25) is 0 Å². The van der Waals surface area contributed by atoms with Crippen molar-refractivity contribution in [3.8, 4) is 5.69 Å². The molecule has 0 saturated carbocycles. The van der Waals surface area contributed by atoms with Crippen molar-refractivity contribution in [2.24, 2.45) is 0 Å². The first-order valence-corrected chi connectivity index (χ1v) is 7.98. The summed E-state index contributed by atoms with van der Waals surface area (Å²) in [7, 11) is 0. The highest BCUT2D eigenvalue weighted by atomic mass is 16.6. The number of nitro groups is 1. The molecule has 2 heterocycles. The van der Waals surface area contributed by atoms with Gasteiger partial charge in [-0.15, -0.1) is 0 Å². The van der Waals surface area contributed by atoms with E-state index in [1.54, 1.807) is 16.8 Å². The van der Waals surface area contributed by atoms with Crippen molar-refractivity contribution in [2.75, 3.05) is 11.4 Å². The van der Waals surface area contributed by atoms with E-state index in [1.807, 2.05) is 42.2 Å². The summed E-state index contributed by atoms with van der Waals surface area (Å²) in [4.78, 5) is 12.7. The normalized spacial score (nSPS) is 13.6. The molecular weight excluding hydrogens is 320 g/mol. The van der Waals surface area contributed by atoms with E-state index in [0.29, 0.717) is 12.5 Å². The third-order valence-electron chi connectivity index (χ3n) is 4.43. The molecule has 0 aliphatic carbocycles. The van der Waals surface area contributed by atoms with Crippen LogP contribution in [-0.4, -0.2) is 31.7 Å². The number of hydrogen-bond donors (Lipinski definition) is 0. The van der Waals surface area contributed by atoms with Gasteiger partial charge in [0.1, 0.15) is 0 Å². The lowest BCUT2D eigenvalue weighted by molar-refractivity contribution is -0.384. The van der Waals surface area contributed by atoms with Gasteiger partial charge in [0.2, 0.25) is 0 Å². The molecule has 0 unspecified atom stereocenters. The van der Waals surface area contributed by atoms with E-state index in [-0.39, 0.29) is 10.6 Å². The van der Waals surface area contributed by atoms with E-state index >= 15 is 0 Å². The summed E-state index contributed by atoms with van der Waals surface area (Å²) in [6.07, 6.45) is 0.800. The molecule has 4 rings (SSSR count). The van der Waals surface area contributed by atoms with Crippen LogP contribution in [0.25, 0.3) is 5.69 Å². The van der Waals surface area contributed by atoms with E-state index in [4.69, 9.17) is 0 Å². The smallest absolute Gasteiger partial charge is 0.269 e.